The Kier molecular flexibility index (Phi) is 3.13. The molecule has 3 unspecified atom stereocenters. The average Bonchev–Trinajstić information content (AvgIpc) is 2.89. The van der Waals surface area contributed by atoms with E-state index in [1.165, 1.54) is 25.7 Å². The van der Waals surface area contributed by atoms with E-state index >= 15 is 0 Å². The van der Waals surface area contributed by atoms with Crippen molar-refractivity contribution < 1.29 is 4.79 Å². The van der Waals surface area contributed by atoms with Gasteiger partial charge in [0.05, 0.1) is 0 Å². The smallest absolute Gasteiger partial charge is 0.229 e. The third-order valence-electron chi connectivity index (χ3n) is 5.49. The first-order chi connectivity index (χ1) is 8.62. The summed E-state index contributed by atoms with van der Waals surface area (Å²) in [6.07, 6.45) is 7.17. The molecule has 2 saturated heterocycles. The highest BCUT2D eigenvalue weighted by molar-refractivity contribution is 5.83. The molecule has 18 heavy (non-hydrogen) atoms. The van der Waals surface area contributed by atoms with Crippen molar-refractivity contribution in [3.8, 4) is 0 Å². The molecule has 2 aliphatic heterocycles. The molecule has 0 spiro atoms. The van der Waals surface area contributed by atoms with Gasteiger partial charge in [0.15, 0.2) is 0 Å². The van der Waals surface area contributed by atoms with Gasteiger partial charge in [0, 0.05) is 30.6 Å². The monoisotopic (exact) mass is 250 g/mol. The van der Waals surface area contributed by atoms with Crippen LogP contribution in [0.3, 0.4) is 0 Å². The maximum absolute atomic E-state index is 13.0. The second-order valence-electron chi connectivity index (χ2n) is 6.90. The number of hydrogen-bond donors (Lipinski definition) is 1. The van der Waals surface area contributed by atoms with Crippen molar-refractivity contribution in [3.05, 3.63) is 0 Å². The first-order valence-electron chi connectivity index (χ1n) is 7.65. The van der Waals surface area contributed by atoms with Crippen molar-refractivity contribution >= 4 is 5.91 Å². The molecule has 1 N–H and O–H groups in total. The van der Waals surface area contributed by atoms with Gasteiger partial charge in [-0.3, -0.25) is 4.79 Å². The molecule has 1 aliphatic carbocycles. The van der Waals surface area contributed by atoms with Gasteiger partial charge in [-0.25, -0.2) is 0 Å². The van der Waals surface area contributed by atoms with Crippen LogP contribution >= 0.6 is 0 Å². The van der Waals surface area contributed by atoms with Gasteiger partial charge >= 0.3 is 0 Å². The summed E-state index contributed by atoms with van der Waals surface area (Å²) in [5.74, 6) is 1.15. The molecule has 0 aromatic carbocycles. The van der Waals surface area contributed by atoms with Crippen LogP contribution in [-0.4, -0.2) is 36.0 Å². The number of hydrogen-bond acceptors (Lipinski definition) is 2. The van der Waals surface area contributed by atoms with Gasteiger partial charge in [0.25, 0.3) is 0 Å². The van der Waals surface area contributed by atoms with Crippen LogP contribution in [0.1, 0.15) is 52.4 Å². The number of carbonyl (C=O) groups excluding carboxylic acids is 1. The van der Waals surface area contributed by atoms with E-state index in [4.69, 9.17) is 0 Å². The Hall–Kier alpha value is -0.570. The molecule has 3 aliphatic rings. The summed E-state index contributed by atoms with van der Waals surface area (Å²) in [5, 5.41) is 3.45. The zero-order chi connectivity index (χ0) is 12.8. The number of fused-ring (bicyclic) bond motifs is 1. The standard InChI is InChI=1S/C15H26N2O/c1-11-8-12-9-16-10-13(12)17(11)14(18)15(2)6-4-3-5-7-15/h11-13,16H,3-10H2,1-2H3. The Morgan fingerprint density at radius 3 is 2.67 bits per heavy atom. The van der Waals surface area contributed by atoms with E-state index in [0.717, 1.165) is 25.9 Å². The molecule has 3 rings (SSSR count). The molecule has 3 nitrogen and oxygen atoms in total. The van der Waals surface area contributed by atoms with E-state index in [1.54, 1.807) is 0 Å². The molecule has 2 heterocycles. The molecule has 102 valence electrons. The Morgan fingerprint density at radius 1 is 1.22 bits per heavy atom. The summed E-state index contributed by atoms with van der Waals surface area (Å²) >= 11 is 0. The SMILES string of the molecule is CC1CC2CNCC2N1C(=O)C1(C)CCCCC1. The first-order valence-corrected chi connectivity index (χ1v) is 7.65. The fraction of sp³-hybridized carbons (Fsp3) is 0.933. The van der Waals surface area contributed by atoms with Crippen LogP contribution in [0.2, 0.25) is 0 Å². The van der Waals surface area contributed by atoms with E-state index in [9.17, 15) is 4.79 Å². The number of amides is 1. The van der Waals surface area contributed by atoms with E-state index in [-0.39, 0.29) is 5.41 Å². The van der Waals surface area contributed by atoms with E-state index in [2.05, 4.69) is 24.1 Å². The molecule has 0 aromatic rings. The molecule has 3 atom stereocenters. The van der Waals surface area contributed by atoms with Gasteiger partial charge < -0.3 is 10.2 Å². The van der Waals surface area contributed by atoms with Crippen molar-refractivity contribution in [1.82, 2.24) is 10.2 Å². The van der Waals surface area contributed by atoms with Crippen molar-refractivity contribution in [2.45, 2.75) is 64.5 Å². The Balaban J connectivity index is 1.78. The third kappa shape index (κ3) is 1.87. The lowest BCUT2D eigenvalue weighted by Crippen LogP contribution is -2.50. The lowest BCUT2D eigenvalue weighted by Gasteiger charge is -2.39. The first kappa shape index (κ1) is 12.5. The summed E-state index contributed by atoms with van der Waals surface area (Å²) < 4.78 is 0. The third-order valence-corrected chi connectivity index (χ3v) is 5.49. The maximum Gasteiger partial charge on any atom is 0.229 e. The van der Waals surface area contributed by atoms with Crippen LogP contribution in [0.15, 0.2) is 0 Å². The van der Waals surface area contributed by atoms with E-state index < -0.39 is 0 Å². The molecule has 1 saturated carbocycles. The lowest BCUT2D eigenvalue weighted by molar-refractivity contribution is -0.145. The van der Waals surface area contributed by atoms with Crippen LogP contribution < -0.4 is 5.32 Å². The van der Waals surface area contributed by atoms with Gasteiger partial charge in [0.2, 0.25) is 5.91 Å². The van der Waals surface area contributed by atoms with Crippen LogP contribution in [0, 0.1) is 11.3 Å². The van der Waals surface area contributed by atoms with Crippen LogP contribution in [0.25, 0.3) is 0 Å². The number of likely N-dealkylation sites (tertiary alicyclic amines) is 1. The molecule has 0 radical (unpaired) electrons. The Bertz CT molecular complexity index is 335. The highest BCUT2D eigenvalue weighted by Crippen LogP contribution is 2.42. The Morgan fingerprint density at radius 2 is 1.94 bits per heavy atom. The second-order valence-corrected chi connectivity index (χ2v) is 6.90. The number of nitrogens with zero attached hydrogens (tertiary/aromatic N) is 1. The minimum Gasteiger partial charge on any atom is -0.335 e. The number of rotatable bonds is 1. The Labute approximate surface area is 110 Å². The van der Waals surface area contributed by atoms with E-state index in [0.29, 0.717) is 23.9 Å². The minimum atomic E-state index is -0.0655. The average molecular weight is 250 g/mol. The van der Waals surface area contributed by atoms with E-state index in [1.807, 2.05) is 0 Å². The molecule has 0 aromatic heterocycles. The maximum atomic E-state index is 13.0. The zero-order valence-corrected chi connectivity index (χ0v) is 11.7. The molecule has 0 bridgehead atoms. The fourth-order valence-electron chi connectivity index (χ4n) is 4.37. The molecular weight excluding hydrogens is 224 g/mol. The second kappa shape index (κ2) is 4.52. The van der Waals surface area contributed by atoms with Gasteiger partial charge in [-0.1, -0.05) is 26.2 Å². The summed E-state index contributed by atoms with van der Waals surface area (Å²) in [6, 6.07) is 0.930. The highest BCUT2D eigenvalue weighted by atomic mass is 16.2. The lowest BCUT2D eigenvalue weighted by atomic mass is 9.74. The summed E-state index contributed by atoms with van der Waals surface area (Å²) in [5.41, 5.74) is -0.0655. The summed E-state index contributed by atoms with van der Waals surface area (Å²) in [4.78, 5) is 15.2. The van der Waals surface area contributed by atoms with Crippen molar-refractivity contribution in [2.24, 2.45) is 11.3 Å². The van der Waals surface area contributed by atoms with Crippen LogP contribution in [0.5, 0.6) is 0 Å². The van der Waals surface area contributed by atoms with Gasteiger partial charge in [-0.2, -0.15) is 0 Å². The minimum absolute atomic E-state index is 0.0655. The predicted molar refractivity (Wildman–Crippen MR) is 72.3 cm³/mol. The highest BCUT2D eigenvalue weighted by Gasteiger charge is 2.48. The molecule has 3 heteroatoms. The zero-order valence-electron chi connectivity index (χ0n) is 11.7. The topological polar surface area (TPSA) is 32.3 Å². The molecular formula is C15H26N2O. The fourth-order valence-corrected chi connectivity index (χ4v) is 4.37. The van der Waals surface area contributed by atoms with Gasteiger partial charge in [0.1, 0.15) is 0 Å². The van der Waals surface area contributed by atoms with Crippen LogP contribution in [-0.2, 0) is 4.79 Å². The van der Waals surface area contributed by atoms with Crippen molar-refractivity contribution in [2.75, 3.05) is 13.1 Å². The number of carbonyl (C=O) groups is 1. The quantitative estimate of drug-likeness (QED) is 0.773. The summed E-state index contributed by atoms with van der Waals surface area (Å²) in [6.45, 7) is 6.56. The summed E-state index contributed by atoms with van der Waals surface area (Å²) in [7, 11) is 0. The van der Waals surface area contributed by atoms with Gasteiger partial charge in [-0.15, -0.1) is 0 Å². The normalized spacial score (nSPS) is 38.8. The van der Waals surface area contributed by atoms with Crippen LogP contribution in [0.4, 0.5) is 0 Å². The molecule has 1 amide bonds. The van der Waals surface area contributed by atoms with Gasteiger partial charge in [-0.05, 0) is 32.1 Å². The largest absolute Gasteiger partial charge is 0.335 e. The number of nitrogens with one attached hydrogen (secondary N) is 1. The predicted octanol–water partition coefficient (Wildman–Crippen LogP) is 2.17. The molecule has 3 fully saturated rings. The van der Waals surface area contributed by atoms with Crippen molar-refractivity contribution in [3.63, 3.8) is 0 Å². The van der Waals surface area contributed by atoms with Crippen molar-refractivity contribution in [1.29, 1.82) is 0 Å².